The van der Waals surface area contributed by atoms with E-state index in [0.29, 0.717) is 29.3 Å². The van der Waals surface area contributed by atoms with Gasteiger partial charge in [0.2, 0.25) is 0 Å². The number of urea groups is 1. The lowest BCUT2D eigenvalue weighted by Crippen LogP contribution is -2.47. The van der Waals surface area contributed by atoms with Gasteiger partial charge in [-0.3, -0.25) is 0 Å². The van der Waals surface area contributed by atoms with Crippen molar-refractivity contribution in [2.75, 3.05) is 19.0 Å². The molecule has 3 atom stereocenters. The monoisotopic (exact) mass is 338 g/mol. The van der Waals surface area contributed by atoms with E-state index in [1.807, 2.05) is 12.1 Å². The Morgan fingerprint density at radius 1 is 1.39 bits per heavy atom. The fourth-order valence-corrected chi connectivity index (χ4v) is 3.88. The Bertz CT molecular complexity index is 567. The van der Waals surface area contributed by atoms with Crippen molar-refractivity contribution in [3.63, 3.8) is 0 Å². The van der Waals surface area contributed by atoms with Crippen LogP contribution in [0.5, 0.6) is 0 Å². The van der Waals surface area contributed by atoms with E-state index < -0.39 is 0 Å². The number of methoxy groups -OCH3 is 1. The van der Waals surface area contributed by atoms with Crippen molar-refractivity contribution in [3.05, 3.63) is 28.8 Å². The van der Waals surface area contributed by atoms with Crippen molar-refractivity contribution in [3.8, 4) is 0 Å². The summed E-state index contributed by atoms with van der Waals surface area (Å²) in [6.07, 6.45) is 4.55. The van der Waals surface area contributed by atoms with Gasteiger partial charge in [-0.1, -0.05) is 17.7 Å². The standard InChI is InChI=1S/C17H23ClN2O3/c1-22-10-12-13(18)4-2-5-15(12)20-17(21)19-14-6-3-7-16-11(14)8-9-23-16/h2,4-5,11,14,16H,3,6-10H2,1H3,(H2,19,20,21). The number of ether oxygens (including phenoxy) is 2. The average Bonchev–Trinajstić information content (AvgIpc) is 3.00. The Morgan fingerprint density at radius 3 is 3.09 bits per heavy atom. The number of anilines is 1. The first-order valence-corrected chi connectivity index (χ1v) is 8.52. The van der Waals surface area contributed by atoms with Crippen molar-refractivity contribution >= 4 is 23.3 Å². The van der Waals surface area contributed by atoms with Gasteiger partial charge in [0.1, 0.15) is 0 Å². The first-order valence-electron chi connectivity index (χ1n) is 8.14. The number of nitrogens with one attached hydrogen (secondary N) is 2. The zero-order chi connectivity index (χ0) is 16.2. The molecule has 1 aromatic carbocycles. The second kappa shape index (κ2) is 7.51. The molecule has 1 aromatic rings. The molecule has 1 heterocycles. The largest absolute Gasteiger partial charge is 0.380 e. The number of benzene rings is 1. The summed E-state index contributed by atoms with van der Waals surface area (Å²) in [6, 6.07) is 5.44. The second-order valence-electron chi connectivity index (χ2n) is 6.20. The van der Waals surface area contributed by atoms with Gasteiger partial charge in [0, 0.05) is 41.9 Å². The molecule has 2 aliphatic rings. The van der Waals surface area contributed by atoms with E-state index in [4.69, 9.17) is 21.1 Å². The van der Waals surface area contributed by atoms with Crippen LogP contribution in [-0.4, -0.2) is 31.9 Å². The first-order chi connectivity index (χ1) is 11.2. The van der Waals surface area contributed by atoms with E-state index in [0.717, 1.165) is 37.9 Å². The summed E-state index contributed by atoms with van der Waals surface area (Å²) in [5, 5.41) is 6.61. The molecule has 1 aliphatic carbocycles. The highest BCUT2D eigenvalue weighted by molar-refractivity contribution is 6.31. The lowest BCUT2D eigenvalue weighted by atomic mass is 9.82. The molecule has 0 bridgehead atoms. The smallest absolute Gasteiger partial charge is 0.319 e. The molecule has 6 heteroatoms. The lowest BCUT2D eigenvalue weighted by Gasteiger charge is -2.33. The van der Waals surface area contributed by atoms with Crippen LogP contribution < -0.4 is 10.6 Å². The Hall–Kier alpha value is -1.30. The minimum atomic E-state index is -0.192. The third-order valence-electron chi connectivity index (χ3n) is 4.75. The van der Waals surface area contributed by atoms with Gasteiger partial charge in [0.05, 0.1) is 12.7 Å². The van der Waals surface area contributed by atoms with Crippen LogP contribution in [0.2, 0.25) is 5.02 Å². The van der Waals surface area contributed by atoms with E-state index in [9.17, 15) is 4.79 Å². The highest BCUT2D eigenvalue weighted by Gasteiger charge is 2.38. The van der Waals surface area contributed by atoms with Gasteiger partial charge >= 0.3 is 6.03 Å². The third-order valence-corrected chi connectivity index (χ3v) is 5.11. The van der Waals surface area contributed by atoms with Gasteiger partial charge < -0.3 is 20.1 Å². The molecule has 23 heavy (non-hydrogen) atoms. The summed E-state index contributed by atoms with van der Waals surface area (Å²) in [4.78, 5) is 12.4. The first kappa shape index (κ1) is 16.6. The van der Waals surface area contributed by atoms with Crippen molar-refractivity contribution in [2.45, 2.75) is 44.4 Å². The molecular weight excluding hydrogens is 316 g/mol. The van der Waals surface area contributed by atoms with Crippen LogP contribution >= 0.6 is 11.6 Å². The SMILES string of the molecule is COCc1c(Cl)cccc1NC(=O)NC1CCCC2OCCC12. The van der Waals surface area contributed by atoms with Crippen LogP contribution in [0.15, 0.2) is 18.2 Å². The second-order valence-corrected chi connectivity index (χ2v) is 6.60. The number of fused-ring (bicyclic) bond motifs is 1. The van der Waals surface area contributed by atoms with Crippen molar-refractivity contribution in [1.29, 1.82) is 0 Å². The highest BCUT2D eigenvalue weighted by Crippen LogP contribution is 2.34. The van der Waals surface area contributed by atoms with Crippen LogP contribution in [0.4, 0.5) is 10.5 Å². The van der Waals surface area contributed by atoms with E-state index in [1.165, 1.54) is 0 Å². The maximum absolute atomic E-state index is 12.4. The quantitative estimate of drug-likeness (QED) is 0.882. The van der Waals surface area contributed by atoms with E-state index in [-0.39, 0.29) is 12.1 Å². The molecule has 1 saturated heterocycles. The molecule has 0 aromatic heterocycles. The summed E-state index contributed by atoms with van der Waals surface area (Å²) in [5.74, 6) is 0.437. The fourth-order valence-electron chi connectivity index (χ4n) is 3.65. The van der Waals surface area contributed by atoms with Gasteiger partial charge in [0.15, 0.2) is 0 Å². The minimum Gasteiger partial charge on any atom is -0.380 e. The molecule has 3 unspecified atom stereocenters. The van der Waals surface area contributed by atoms with Crippen molar-refractivity contribution in [2.24, 2.45) is 5.92 Å². The van der Waals surface area contributed by atoms with Crippen LogP contribution in [0.25, 0.3) is 0 Å². The normalized spacial score (nSPS) is 26.6. The number of carbonyl (C=O) groups excluding carboxylic acids is 1. The molecule has 3 rings (SSSR count). The van der Waals surface area contributed by atoms with Crippen LogP contribution in [-0.2, 0) is 16.1 Å². The highest BCUT2D eigenvalue weighted by atomic mass is 35.5. The van der Waals surface area contributed by atoms with Gasteiger partial charge in [0.25, 0.3) is 0 Å². The molecule has 126 valence electrons. The Morgan fingerprint density at radius 2 is 2.26 bits per heavy atom. The zero-order valence-electron chi connectivity index (χ0n) is 13.3. The molecular formula is C17H23ClN2O3. The van der Waals surface area contributed by atoms with E-state index >= 15 is 0 Å². The molecule has 1 saturated carbocycles. The van der Waals surface area contributed by atoms with Gasteiger partial charge in [-0.05, 0) is 37.8 Å². The van der Waals surface area contributed by atoms with Gasteiger partial charge in [-0.15, -0.1) is 0 Å². The predicted molar refractivity (Wildman–Crippen MR) is 89.8 cm³/mol. The molecule has 0 radical (unpaired) electrons. The van der Waals surface area contributed by atoms with E-state index in [1.54, 1.807) is 13.2 Å². The van der Waals surface area contributed by atoms with Gasteiger partial charge in [-0.25, -0.2) is 4.79 Å². The van der Waals surface area contributed by atoms with Crippen LogP contribution in [0.3, 0.4) is 0 Å². The summed E-state index contributed by atoms with van der Waals surface area (Å²) in [5.41, 5.74) is 1.48. The average molecular weight is 339 g/mol. The molecule has 1 aliphatic heterocycles. The maximum atomic E-state index is 12.4. The Kier molecular flexibility index (Phi) is 5.41. The number of carbonyl (C=O) groups is 1. The summed E-state index contributed by atoms with van der Waals surface area (Å²) < 4.78 is 10.9. The summed E-state index contributed by atoms with van der Waals surface area (Å²) in [6.45, 7) is 1.17. The topological polar surface area (TPSA) is 59.6 Å². The number of rotatable bonds is 4. The van der Waals surface area contributed by atoms with Crippen LogP contribution in [0, 0.1) is 5.92 Å². The zero-order valence-corrected chi connectivity index (χ0v) is 14.1. The number of halogens is 1. The maximum Gasteiger partial charge on any atom is 0.319 e. The number of amides is 2. The number of hydrogen-bond donors (Lipinski definition) is 2. The minimum absolute atomic E-state index is 0.182. The summed E-state index contributed by atoms with van der Waals surface area (Å²) in [7, 11) is 1.61. The number of hydrogen-bond acceptors (Lipinski definition) is 3. The Balaban J connectivity index is 1.64. The Labute approximate surface area is 141 Å². The van der Waals surface area contributed by atoms with E-state index in [2.05, 4.69) is 10.6 Å². The van der Waals surface area contributed by atoms with Crippen molar-refractivity contribution < 1.29 is 14.3 Å². The molecule has 2 fully saturated rings. The predicted octanol–water partition coefficient (Wildman–Crippen LogP) is 3.57. The lowest BCUT2D eigenvalue weighted by molar-refractivity contribution is 0.0553. The molecule has 0 spiro atoms. The molecule has 2 amide bonds. The van der Waals surface area contributed by atoms with Gasteiger partial charge in [-0.2, -0.15) is 0 Å². The van der Waals surface area contributed by atoms with Crippen molar-refractivity contribution in [1.82, 2.24) is 5.32 Å². The fraction of sp³-hybridized carbons (Fsp3) is 0.588. The summed E-state index contributed by atoms with van der Waals surface area (Å²) >= 11 is 6.19. The molecule has 5 nitrogen and oxygen atoms in total. The van der Waals surface area contributed by atoms with Crippen LogP contribution in [0.1, 0.15) is 31.2 Å². The third kappa shape index (κ3) is 3.79. The molecule has 2 N–H and O–H groups in total.